The molecule has 0 bridgehead atoms. The molecular weight excluding hydrogens is 164 g/mol. The monoisotopic (exact) mass is 178 g/mol. The van der Waals surface area contributed by atoms with Crippen LogP contribution in [0.25, 0.3) is 6.08 Å². The van der Waals surface area contributed by atoms with Crippen molar-refractivity contribution in [2.24, 2.45) is 0 Å². The number of rotatable bonds is 2. The molecule has 1 rings (SSSR count). The molecule has 13 heavy (non-hydrogen) atoms. The average Bonchev–Trinajstić information content (AvgIpc) is 2.12. The van der Waals surface area contributed by atoms with E-state index in [1.165, 1.54) is 0 Å². The SMILES string of the molecule is Cc1ccc(C)c(/C=C\CO)c1O. The lowest BCUT2D eigenvalue weighted by molar-refractivity contribution is 0.343. The minimum Gasteiger partial charge on any atom is -0.507 e. The molecule has 1 aromatic carbocycles. The number of benzene rings is 1. The number of phenolic OH excluding ortho intramolecular Hbond substituents is 1. The summed E-state index contributed by atoms with van der Waals surface area (Å²) >= 11 is 0. The third kappa shape index (κ3) is 2.10. The van der Waals surface area contributed by atoms with Gasteiger partial charge >= 0.3 is 0 Å². The zero-order valence-corrected chi connectivity index (χ0v) is 7.91. The van der Waals surface area contributed by atoms with Gasteiger partial charge in [-0.2, -0.15) is 0 Å². The van der Waals surface area contributed by atoms with Gasteiger partial charge < -0.3 is 10.2 Å². The topological polar surface area (TPSA) is 40.5 Å². The Balaban J connectivity index is 3.17. The maximum Gasteiger partial charge on any atom is 0.125 e. The highest BCUT2D eigenvalue weighted by molar-refractivity contribution is 5.62. The Morgan fingerprint density at radius 3 is 2.46 bits per heavy atom. The molecule has 0 saturated carbocycles. The van der Waals surface area contributed by atoms with Crippen LogP contribution in [0, 0.1) is 13.8 Å². The van der Waals surface area contributed by atoms with Crippen molar-refractivity contribution < 1.29 is 10.2 Å². The van der Waals surface area contributed by atoms with E-state index in [1.807, 2.05) is 26.0 Å². The fraction of sp³-hybridized carbons (Fsp3) is 0.273. The molecular formula is C11H14O2. The molecule has 2 nitrogen and oxygen atoms in total. The fourth-order valence-electron chi connectivity index (χ4n) is 1.20. The predicted molar refractivity (Wildman–Crippen MR) is 53.7 cm³/mol. The summed E-state index contributed by atoms with van der Waals surface area (Å²) in [6.45, 7) is 3.77. The third-order valence-electron chi connectivity index (χ3n) is 2.03. The number of hydrogen-bond acceptors (Lipinski definition) is 2. The molecule has 2 heteroatoms. The molecule has 1 aromatic rings. The van der Waals surface area contributed by atoms with Crippen LogP contribution in [0.4, 0.5) is 0 Å². The number of aryl methyl sites for hydroxylation is 2. The summed E-state index contributed by atoms with van der Waals surface area (Å²) in [4.78, 5) is 0. The van der Waals surface area contributed by atoms with Gasteiger partial charge in [-0.25, -0.2) is 0 Å². The van der Waals surface area contributed by atoms with Gasteiger partial charge in [0, 0.05) is 5.56 Å². The van der Waals surface area contributed by atoms with Gasteiger partial charge in [-0.1, -0.05) is 24.3 Å². The molecule has 0 aliphatic rings. The van der Waals surface area contributed by atoms with Crippen molar-refractivity contribution in [3.05, 3.63) is 34.9 Å². The summed E-state index contributed by atoms with van der Waals surface area (Å²) in [5, 5.41) is 18.3. The lowest BCUT2D eigenvalue weighted by atomic mass is 10.0. The van der Waals surface area contributed by atoms with E-state index in [2.05, 4.69) is 0 Å². The molecule has 0 aliphatic heterocycles. The van der Waals surface area contributed by atoms with Gasteiger partial charge in [-0.05, 0) is 25.0 Å². The van der Waals surface area contributed by atoms with Crippen LogP contribution in [0.5, 0.6) is 5.75 Å². The van der Waals surface area contributed by atoms with Crippen LogP contribution in [0.2, 0.25) is 0 Å². The van der Waals surface area contributed by atoms with Gasteiger partial charge in [0.2, 0.25) is 0 Å². The van der Waals surface area contributed by atoms with E-state index in [0.29, 0.717) is 5.75 Å². The second-order valence-electron chi connectivity index (χ2n) is 3.05. The van der Waals surface area contributed by atoms with Crippen molar-refractivity contribution in [1.82, 2.24) is 0 Å². The molecule has 0 unspecified atom stereocenters. The molecule has 0 amide bonds. The van der Waals surface area contributed by atoms with Crippen LogP contribution in [-0.4, -0.2) is 16.8 Å². The van der Waals surface area contributed by atoms with E-state index in [4.69, 9.17) is 5.11 Å². The van der Waals surface area contributed by atoms with Crippen LogP contribution < -0.4 is 0 Å². The van der Waals surface area contributed by atoms with Gasteiger partial charge in [0.25, 0.3) is 0 Å². The molecule has 0 saturated heterocycles. The minimum atomic E-state index is -0.00712. The Morgan fingerprint density at radius 1 is 1.23 bits per heavy atom. The Morgan fingerprint density at radius 2 is 1.85 bits per heavy atom. The molecule has 70 valence electrons. The summed E-state index contributed by atoms with van der Waals surface area (Å²) in [5.74, 6) is 0.296. The van der Waals surface area contributed by atoms with Gasteiger partial charge in [0.15, 0.2) is 0 Å². The standard InChI is InChI=1S/C11H14O2/c1-8-5-6-9(2)11(13)10(8)4-3-7-12/h3-6,12-13H,7H2,1-2H3/b4-3-. The van der Waals surface area contributed by atoms with E-state index in [9.17, 15) is 5.11 Å². The number of aliphatic hydroxyl groups excluding tert-OH is 1. The first-order chi connectivity index (χ1) is 6.16. The molecule has 0 aromatic heterocycles. The summed E-state index contributed by atoms with van der Waals surface area (Å²) in [6, 6.07) is 3.83. The lowest BCUT2D eigenvalue weighted by Gasteiger charge is -2.06. The molecule has 2 N–H and O–H groups in total. The first-order valence-electron chi connectivity index (χ1n) is 4.23. The molecule has 0 spiro atoms. The Kier molecular flexibility index (Phi) is 3.09. The van der Waals surface area contributed by atoms with Crippen molar-refractivity contribution >= 4 is 6.08 Å². The third-order valence-corrected chi connectivity index (χ3v) is 2.03. The zero-order chi connectivity index (χ0) is 9.84. The first-order valence-corrected chi connectivity index (χ1v) is 4.23. The second-order valence-corrected chi connectivity index (χ2v) is 3.05. The number of hydrogen-bond donors (Lipinski definition) is 2. The van der Waals surface area contributed by atoms with Crippen molar-refractivity contribution in [2.75, 3.05) is 6.61 Å². The second kappa shape index (κ2) is 4.10. The Bertz CT molecular complexity index is 327. The largest absolute Gasteiger partial charge is 0.507 e. The van der Waals surface area contributed by atoms with Crippen molar-refractivity contribution in [1.29, 1.82) is 0 Å². The van der Waals surface area contributed by atoms with Crippen LogP contribution >= 0.6 is 0 Å². The normalized spacial score (nSPS) is 11.0. The fourth-order valence-corrected chi connectivity index (χ4v) is 1.20. The van der Waals surface area contributed by atoms with Gasteiger partial charge in [-0.15, -0.1) is 0 Å². The number of aliphatic hydroxyl groups is 1. The van der Waals surface area contributed by atoms with Gasteiger partial charge in [0.1, 0.15) is 5.75 Å². The Hall–Kier alpha value is -1.28. The van der Waals surface area contributed by atoms with Crippen LogP contribution in [0.1, 0.15) is 16.7 Å². The Labute approximate surface area is 78.2 Å². The van der Waals surface area contributed by atoms with Gasteiger partial charge in [-0.3, -0.25) is 0 Å². The smallest absolute Gasteiger partial charge is 0.125 e. The van der Waals surface area contributed by atoms with E-state index in [0.717, 1.165) is 16.7 Å². The van der Waals surface area contributed by atoms with E-state index >= 15 is 0 Å². The van der Waals surface area contributed by atoms with Crippen LogP contribution in [0.3, 0.4) is 0 Å². The molecule has 0 aliphatic carbocycles. The maximum atomic E-state index is 9.67. The highest BCUT2D eigenvalue weighted by atomic mass is 16.3. The van der Waals surface area contributed by atoms with Crippen molar-refractivity contribution in [3.8, 4) is 5.75 Å². The predicted octanol–water partition coefficient (Wildman–Crippen LogP) is 2.01. The summed E-state index contributed by atoms with van der Waals surface area (Å²) in [6.07, 6.45) is 3.35. The van der Waals surface area contributed by atoms with Crippen molar-refractivity contribution in [3.63, 3.8) is 0 Å². The van der Waals surface area contributed by atoms with Gasteiger partial charge in [0.05, 0.1) is 6.61 Å². The van der Waals surface area contributed by atoms with E-state index < -0.39 is 0 Å². The first kappa shape index (κ1) is 9.81. The molecule has 0 radical (unpaired) electrons. The zero-order valence-electron chi connectivity index (χ0n) is 7.91. The summed E-state index contributed by atoms with van der Waals surface area (Å²) in [5.41, 5.74) is 2.64. The quantitative estimate of drug-likeness (QED) is 0.727. The number of aromatic hydroxyl groups is 1. The average molecular weight is 178 g/mol. The highest BCUT2D eigenvalue weighted by Crippen LogP contribution is 2.26. The highest BCUT2D eigenvalue weighted by Gasteiger charge is 2.03. The molecule has 0 heterocycles. The van der Waals surface area contributed by atoms with Crippen LogP contribution in [0.15, 0.2) is 18.2 Å². The van der Waals surface area contributed by atoms with E-state index in [1.54, 1.807) is 12.2 Å². The van der Waals surface area contributed by atoms with Crippen molar-refractivity contribution in [2.45, 2.75) is 13.8 Å². The minimum absolute atomic E-state index is 0.00712. The van der Waals surface area contributed by atoms with E-state index in [-0.39, 0.29) is 6.61 Å². The maximum absolute atomic E-state index is 9.67. The molecule has 0 atom stereocenters. The summed E-state index contributed by atoms with van der Waals surface area (Å²) in [7, 11) is 0. The number of phenols is 1. The lowest BCUT2D eigenvalue weighted by Crippen LogP contribution is -1.85. The van der Waals surface area contributed by atoms with Crippen LogP contribution in [-0.2, 0) is 0 Å². The summed E-state index contributed by atoms with van der Waals surface area (Å²) < 4.78 is 0. The molecule has 0 fully saturated rings.